The third-order valence-electron chi connectivity index (χ3n) is 4.08. The Balaban J connectivity index is 1.60. The van der Waals surface area contributed by atoms with Crippen LogP contribution in [-0.2, 0) is 11.3 Å². The summed E-state index contributed by atoms with van der Waals surface area (Å²) >= 11 is 8.05. The molecule has 0 aliphatic carbocycles. The second-order valence-corrected chi connectivity index (χ2v) is 7.18. The lowest BCUT2D eigenvalue weighted by Gasteiger charge is -2.34. The first kappa shape index (κ1) is 16.5. The number of carbonyl (C=O) groups excluding carboxylic acids is 1. The molecule has 1 aromatic heterocycles. The molecule has 3 rings (SSSR count). The highest BCUT2D eigenvalue weighted by Crippen LogP contribution is 2.33. The molecule has 1 saturated heterocycles. The van der Waals surface area contributed by atoms with Crippen LogP contribution < -0.4 is 5.73 Å². The van der Waals surface area contributed by atoms with E-state index in [4.69, 9.17) is 17.3 Å². The molecule has 0 bridgehead atoms. The van der Waals surface area contributed by atoms with Gasteiger partial charge in [0.2, 0.25) is 5.91 Å². The molecule has 0 spiro atoms. The molecule has 2 aromatic rings. The molecule has 0 saturated carbocycles. The van der Waals surface area contributed by atoms with Crippen LogP contribution in [0.5, 0.6) is 0 Å². The summed E-state index contributed by atoms with van der Waals surface area (Å²) in [4.78, 5) is 18.3. The largest absolute Gasteiger partial charge is 0.339 e. The molecular formula is C17H20ClN3OS. The number of hydrogen-bond donors (Lipinski definition) is 1. The zero-order chi connectivity index (χ0) is 16.2. The standard InChI is InChI=1S/C17H20ClN3OS/c18-15-4-2-1-3-14(15)16-6-5-13(23-16)12-20-7-9-21(10-8-20)17(22)11-19/h1-6H,7-12,19H2. The van der Waals surface area contributed by atoms with Crippen LogP contribution in [0.3, 0.4) is 0 Å². The van der Waals surface area contributed by atoms with Crippen molar-refractivity contribution in [3.8, 4) is 10.4 Å². The van der Waals surface area contributed by atoms with Crippen LogP contribution >= 0.6 is 22.9 Å². The topological polar surface area (TPSA) is 49.6 Å². The summed E-state index contributed by atoms with van der Waals surface area (Å²) in [5.74, 6) is 0.0433. The fourth-order valence-corrected chi connectivity index (χ4v) is 4.16. The first-order valence-corrected chi connectivity index (χ1v) is 8.90. The molecule has 23 heavy (non-hydrogen) atoms. The van der Waals surface area contributed by atoms with Crippen LogP contribution in [0.4, 0.5) is 0 Å². The van der Waals surface area contributed by atoms with E-state index in [1.807, 2.05) is 23.1 Å². The highest BCUT2D eigenvalue weighted by molar-refractivity contribution is 7.15. The van der Waals surface area contributed by atoms with Crippen LogP contribution in [0.15, 0.2) is 36.4 Å². The Labute approximate surface area is 145 Å². The van der Waals surface area contributed by atoms with Gasteiger partial charge in [0.25, 0.3) is 0 Å². The van der Waals surface area contributed by atoms with Gasteiger partial charge in [0.15, 0.2) is 0 Å². The van der Waals surface area contributed by atoms with Gasteiger partial charge < -0.3 is 10.6 Å². The smallest absolute Gasteiger partial charge is 0.236 e. The third-order valence-corrected chi connectivity index (χ3v) is 5.51. The van der Waals surface area contributed by atoms with E-state index in [1.165, 1.54) is 9.75 Å². The van der Waals surface area contributed by atoms with Crippen LogP contribution in [0, 0.1) is 0 Å². The number of hydrogen-bond acceptors (Lipinski definition) is 4. The van der Waals surface area contributed by atoms with Crippen molar-refractivity contribution in [3.05, 3.63) is 46.3 Å². The van der Waals surface area contributed by atoms with Crippen LogP contribution in [0.1, 0.15) is 4.88 Å². The number of nitrogens with two attached hydrogens (primary N) is 1. The summed E-state index contributed by atoms with van der Waals surface area (Å²) in [5, 5.41) is 0.787. The number of thiophene rings is 1. The van der Waals surface area contributed by atoms with Gasteiger partial charge in [-0.25, -0.2) is 0 Å². The molecule has 122 valence electrons. The molecule has 2 N–H and O–H groups in total. The molecule has 1 aliphatic rings. The lowest BCUT2D eigenvalue weighted by Crippen LogP contribution is -2.49. The Bertz CT molecular complexity index is 680. The van der Waals surface area contributed by atoms with E-state index >= 15 is 0 Å². The van der Waals surface area contributed by atoms with E-state index in [0.29, 0.717) is 0 Å². The summed E-state index contributed by atoms with van der Waals surface area (Å²) in [6.45, 7) is 4.33. The summed E-state index contributed by atoms with van der Waals surface area (Å²) in [6.07, 6.45) is 0. The molecule has 6 heteroatoms. The van der Waals surface area contributed by atoms with Gasteiger partial charge in [0.1, 0.15) is 0 Å². The molecule has 1 amide bonds. The summed E-state index contributed by atoms with van der Waals surface area (Å²) in [7, 11) is 0. The zero-order valence-electron chi connectivity index (χ0n) is 12.9. The average molecular weight is 350 g/mol. The first-order chi connectivity index (χ1) is 11.2. The van der Waals surface area contributed by atoms with Crippen molar-refractivity contribution in [1.29, 1.82) is 0 Å². The quantitative estimate of drug-likeness (QED) is 0.923. The second-order valence-electron chi connectivity index (χ2n) is 5.61. The number of carbonyl (C=O) groups is 1. The highest BCUT2D eigenvalue weighted by Gasteiger charge is 2.20. The van der Waals surface area contributed by atoms with Crippen molar-refractivity contribution in [3.63, 3.8) is 0 Å². The molecule has 1 fully saturated rings. The van der Waals surface area contributed by atoms with Crippen molar-refractivity contribution >= 4 is 28.8 Å². The second kappa shape index (κ2) is 7.45. The number of halogens is 1. The minimum absolute atomic E-state index is 0.0433. The van der Waals surface area contributed by atoms with Gasteiger partial charge in [-0.15, -0.1) is 11.3 Å². The number of benzene rings is 1. The summed E-state index contributed by atoms with van der Waals surface area (Å²) < 4.78 is 0. The van der Waals surface area contributed by atoms with Gasteiger partial charge in [0.05, 0.1) is 6.54 Å². The third kappa shape index (κ3) is 3.93. The summed E-state index contributed by atoms with van der Waals surface area (Å²) in [6, 6.07) is 12.2. The van der Waals surface area contributed by atoms with Gasteiger partial charge in [-0.1, -0.05) is 29.8 Å². The van der Waals surface area contributed by atoms with Crippen LogP contribution in [-0.4, -0.2) is 48.4 Å². The molecule has 0 radical (unpaired) electrons. The van der Waals surface area contributed by atoms with Gasteiger partial charge in [-0.3, -0.25) is 9.69 Å². The molecule has 2 heterocycles. The normalized spacial score (nSPS) is 15.8. The molecule has 1 aliphatic heterocycles. The minimum atomic E-state index is 0.0433. The lowest BCUT2D eigenvalue weighted by atomic mass is 10.2. The Morgan fingerprint density at radius 1 is 1.13 bits per heavy atom. The number of nitrogens with zero attached hydrogens (tertiary/aromatic N) is 2. The number of rotatable bonds is 4. The van der Waals surface area contributed by atoms with E-state index in [9.17, 15) is 4.79 Å². The maximum absolute atomic E-state index is 11.6. The lowest BCUT2D eigenvalue weighted by molar-refractivity contribution is -0.131. The zero-order valence-corrected chi connectivity index (χ0v) is 14.4. The molecular weight excluding hydrogens is 330 g/mol. The number of amides is 1. The van der Waals surface area contributed by atoms with Crippen LogP contribution in [0.25, 0.3) is 10.4 Å². The predicted molar refractivity (Wildman–Crippen MR) is 95.7 cm³/mol. The van der Waals surface area contributed by atoms with E-state index in [0.717, 1.165) is 43.3 Å². The van der Waals surface area contributed by atoms with E-state index in [1.54, 1.807) is 11.3 Å². The first-order valence-electron chi connectivity index (χ1n) is 7.71. The predicted octanol–water partition coefficient (Wildman–Crippen LogP) is 2.67. The molecule has 4 nitrogen and oxygen atoms in total. The average Bonchev–Trinajstić information content (AvgIpc) is 3.03. The summed E-state index contributed by atoms with van der Waals surface area (Å²) in [5.41, 5.74) is 6.50. The van der Waals surface area contributed by atoms with Crippen molar-refractivity contribution in [2.75, 3.05) is 32.7 Å². The molecule has 1 aromatic carbocycles. The van der Waals surface area contributed by atoms with Gasteiger partial charge in [-0.05, 0) is 18.2 Å². The Morgan fingerprint density at radius 2 is 1.87 bits per heavy atom. The number of piperazine rings is 1. The fraction of sp³-hybridized carbons (Fsp3) is 0.353. The monoisotopic (exact) mass is 349 g/mol. The maximum Gasteiger partial charge on any atom is 0.236 e. The SMILES string of the molecule is NCC(=O)N1CCN(Cc2ccc(-c3ccccc3Cl)s2)CC1. The van der Waals surface area contributed by atoms with E-state index < -0.39 is 0 Å². The Morgan fingerprint density at radius 3 is 2.57 bits per heavy atom. The highest BCUT2D eigenvalue weighted by atomic mass is 35.5. The van der Waals surface area contributed by atoms with E-state index in [-0.39, 0.29) is 12.5 Å². The van der Waals surface area contributed by atoms with Gasteiger partial charge in [0, 0.05) is 53.1 Å². The van der Waals surface area contributed by atoms with Crippen molar-refractivity contribution in [2.45, 2.75) is 6.54 Å². The van der Waals surface area contributed by atoms with Crippen molar-refractivity contribution in [1.82, 2.24) is 9.80 Å². The fourth-order valence-electron chi connectivity index (χ4n) is 2.77. The Hall–Kier alpha value is -1.40. The van der Waals surface area contributed by atoms with Crippen molar-refractivity contribution < 1.29 is 4.79 Å². The van der Waals surface area contributed by atoms with Crippen LogP contribution in [0.2, 0.25) is 5.02 Å². The molecule has 0 unspecified atom stereocenters. The maximum atomic E-state index is 11.6. The molecule has 0 atom stereocenters. The minimum Gasteiger partial charge on any atom is -0.339 e. The van der Waals surface area contributed by atoms with Crippen molar-refractivity contribution in [2.24, 2.45) is 5.73 Å². The Kier molecular flexibility index (Phi) is 5.33. The van der Waals surface area contributed by atoms with Gasteiger partial charge >= 0.3 is 0 Å². The van der Waals surface area contributed by atoms with E-state index in [2.05, 4.69) is 23.1 Å². The van der Waals surface area contributed by atoms with Gasteiger partial charge in [-0.2, -0.15) is 0 Å².